The first-order valence-electron chi connectivity index (χ1n) is 6.46. The highest BCUT2D eigenvalue weighted by atomic mass is 35.5. The summed E-state index contributed by atoms with van der Waals surface area (Å²) in [7, 11) is 0. The van der Waals surface area contributed by atoms with Crippen molar-refractivity contribution >= 4 is 29.9 Å². The smallest absolute Gasteiger partial charge is 0.227 e. The molecular weight excluding hydrogens is 302 g/mol. The Hall–Kier alpha value is -0.840. The largest absolute Gasteiger partial charge is 0.337 e. The Balaban J connectivity index is 0.00000200. The highest BCUT2D eigenvalue weighted by Gasteiger charge is 2.28. The van der Waals surface area contributed by atoms with Gasteiger partial charge in [-0.15, -0.1) is 12.4 Å². The molecule has 3 nitrogen and oxygen atoms in total. The molecule has 1 fully saturated rings. The molecular formula is C14H19Cl2FN2O. The Kier molecular flexibility index (Phi) is 6.24. The number of hydrogen-bond acceptors (Lipinski definition) is 2. The molecule has 20 heavy (non-hydrogen) atoms. The summed E-state index contributed by atoms with van der Waals surface area (Å²) in [6.45, 7) is 5.45. The third-order valence-electron chi connectivity index (χ3n) is 3.74. The van der Waals surface area contributed by atoms with E-state index in [-0.39, 0.29) is 42.4 Å². The molecule has 1 heterocycles. The van der Waals surface area contributed by atoms with Gasteiger partial charge in [0, 0.05) is 35.8 Å². The zero-order valence-corrected chi connectivity index (χ0v) is 13.1. The number of nitrogens with zero attached hydrogens (tertiary/aromatic N) is 1. The fourth-order valence-corrected chi connectivity index (χ4v) is 2.59. The monoisotopic (exact) mass is 320 g/mol. The zero-order chi connectivity index (χ0) is 14.0. The second-order valence-corrected chi connectivity index (χ2v) is 5.35. The predicted molar refractivity (Wildman–Crippen MR) is 81.0 cm³/mol. The van der Waals surface area contributed by atoms with Gasteiger partial charge in [0.25, 0.3) is 0 Å². The van der Waals surface area contributed by atoms with Crippen molar-refractivity contribution in [3.63, 3.8) is 0 Å². The molecule has 6 heteroatoms. The van der Waals surface area contributed by atoms with E-state index in [1.54, 1.807) is 17.0 Å². The van der Waals surface area contributed by atoms with Gasteiger partial charge < -0.3 is 10.2 Å². The third kappa shape index (κ3) is 3.62. The van der Waals surface area contributed by atoms with Crippen molar-refractivity contribution in [1.82, 2.24) is 10.2 Å². The number of piperazine rings is 1. The maximum absolute atomic E-state index is 13.7. The van der Waals surface area contributed by atoms with E-state index in [0.29, 0.717) is 11.6 Å². The van der Waals surface area contributed by atoms with Crippen LogP contribution in [0.2, 0.25) is 5.02 Å². The average Bonchev–Trinajstić information content (AvgIpc) is 2.37. The van der Waals surface area contributed by atoms with Gasteiger partial charge in [0.15, 0.2) is 0 Å². The lowest BCUT2D eigenvalue weighted by Crippen LogP contribution is -2.57. The topological polar surface area (TPSA) is 32.3 Å². The van der Waals surface area contributed by atoms with Gasteiger partial charge in [-0.3, -0.25) is 4.79 Å². The summed E-state index contributed by atoms with van der Waals surface area (Å²) in [5.41, 5.74) is 0.285. The van der Waals surface area contributed by atoms with E-state index in [1.165, 1.54) is 6.07 Å². The molecule has 2 unspecified atom stereocenters. The minimum atomic E-state index is -0.420. The fraction of sp³-hybridized carbons (Fsp3) is 0.500. The van der Waals surface area contributed by atoms with Gasteiger partial charge in [-0.25, -0.2) is 4.39 Å². The number of hydrogen-bond donors (Lipinski definition) is 1. The molecule has 0 spiro atoms. The Morgan fingerprint density at radius 3 is 2.85 bits per heavy atom. The van der Waals surface area contributed by atoms with E-state index in [1.807, 2.05) is 13.8 Å². The molecule has 112 valence electrons. The van der Waals surface area contributed by atoms with Gasteiger partial charge in [0.1, 0.15) is 5.82 Å². The molecule has 0 aliphatic carbocycles. The van der Waals surface area contributed by atoms with Crippen molar-refractivity contribution in [2.24, 2.45) is 0 Å². The van der Waals surface area contributed by atoms with Gasteiger partial charge in [-0.05, 0) is 26.0 Å². The maximum atomic E-state index is 13.7. The van der Waals surface area contributed by atoms with E-state index in [2.05, 4.69) is 5.32 Å². The molecule has 1 aromatic rings. The van der Waals surface area contributed by atoms with Crippen molar-refractivity contribution in [2.45, 2.75) is 32.4 Å². The molecule has 2 atom stereocenters. The standard InChI is InChI=1S/C14H18ClFN2O.ClH/c1-9-10(2)18(7-6-17-9)14(19)8-11-12(15)4-3-5-13(11)16;/h3-5,9-10,17H,6-8H2,1-2H3;1H. The van der Waals surface area contributed by atoms with Crippen LogP contribution >= 0.6 is 24.0 Å². The molecule has 2 rings (SSSR count). The van der Waals surface area contributed by atoms with Crippen molar-refractivity contribution in [3.05, 3.63) is 34.6 Å². The SMILES string of the molecule is CC1NCCN(C(=O)Cc2c(F)cccc2Cl)C1C.Cl. The van der Waals surface area contributed by atoms with Gasteiger partial charge in [-0.1, -0.05) is 17.7 Å². The summed E-state index contributed by atoms with van der Waals surface area (Å²) in [4.78, 5) is 14.1. The van der Waals surface area contributed by atoms with Crippen molar-refractivity contribution < 1.29 is 9.18 Å². The van der Waals surface area contributed by atoms with Crippen LogP contribution in [0.1, 0.15) is 19.4 Å². The molecule has 1 saturated heterocycles. The molecule has 0 saturated carbocycles. The zero-order valence-electron chi connectivity index (χ0n) is 11.5. The van der Waals surface area contributed by atoms with Crippen LogP contribution in [0.15, 0.2) is 18.2 Å². The minimum Gasteiger partial charge on any atom is -0.337 e. The molecule has 0 radical (unpaired) electrons. The highest BCUT2D eigenvalue weighted by Crippen LogP contribution is 2.21. The van der Waals surface area contributed by atoms with Gasteiger partial charge >= 0.3 is 0 Å². The van der Waals surface area contributed by atoms with E-state index >= 15 is 0 Å². The van der Waals surface area contributed by atoms with Gasteiger partial charge in [-0.2, -0.15) is 0 Å². The van der Waals surface area contributed by atoms with Crippen molar-refractivity contribution in [2.75, 3.05) is 13.1 Å². The lowest BCUT2D eigenvalue weighted by molar-refractivity contribution is -0.134. The van der Waals surface area contributed by atoms with E-state index in [0.717, 1.165) is 6.54 Å². The average molecular weight is 321 g/mol. The van der Waals surface area contributed by atoms with Crippen LogP contribution in [0.5, 0.6) is 0 Å². The summed E-state index contributed by atoms with van der Waals surface area (Å²) >= 11 is 5.95. The number of benzene rings is 1. The van der Waals surface area contributed by atoms with Gasteiger partial charge in [0.2, 0.25) is 5.91 Å². The maximum Gasteiger partial charge on any atom is 0.227 e. The Morgan fingerprint density at radius 2 is 2.20 bits per heavy atom. The Labute approximate surface area is 129 Å². The summed E-state index contributed by atoms with van der Waals surface area (Å²) in [6.07, 6.45) is 0.0164. The summed E-state index contributed by atoms with van der Waals surface area (Å²) < 4.78 is 13.7. The molecule has 1 aromatic carbocycles. The fourth-order valence-electron chi connectivity index (χ4n) is 2.36. The second-order valence-electron chi connectivity index (χ2n) is 4.95. The highest BCUT2D eigenvalue weighted by molar-refractivity contribution is 6.31. The van der Waals surface area contributed by atoms with Crippen LogP contribution in [-0.2, 0) is 11.2 Å². The van der Waals surface area contributed by atoms with Gasteiger partial charge in [0.05, 0.1) is 6.42 Å². The first-order valence-corrected chi connectivity index (χ1v) is 6.84. The van der Waals surface area contributed by atoms with Crippen LogP contribution < -0.4 is 5.32 Å². The number of carbonyl (C=O) groups excluding carboxylic acids is 1. The quantitative estimate of drug-likeness (QED) is 0.908. The molecule has 1 amide bonds. The molecule has 0 bridgehead atoms. The van der Waals surface area contributed by atoms with Crippen LogP contribution in [0.4, 0.5) is 4.39 Å². The normalized spacial score (nSPS) is 22.3. The molecule has 0 aromatic heterocycles. The number of rotatable bonds is 2. The van der Waals surface area contributed by atoms with E-state index in [4.69, 9.17) is 11.6 Å². The van der Waals surface area contributed by atoms with Crippen LogP contribution in [0.3, 0.4) is 0 Å². The predicted octanol–water partition coefficient (Wildman–Crippen LogP) is 2.65. The molecule has 1 aliphatic rings. The van der Waals surface area contributed by atoms with E-state index < -0.39 is 5.82 Å². The number of nitrogens with one attached hydrogen (secondary N) is 1. The summed E-state index contributed by atoms with van der Waals surface area (Å²) in [5, 5.41) is 3.62. The first kappa shape index (κ1) is 17.2. The minimum absolute atomic E-state index is 0. The third-order valence-corrected chi connectivity index (χ3v) is 4.10. The lowest BCUT2D eigenvalue weighted by Gasteiger charge is -2.38. The van der Waals surface area contributed by atoms with Crippen molar-refractivity contribution in [1.29, 1.82) is 0 Å². The van der Waals surface area contributed by atoms with Crippen LogP contribution in [0, 0.1) is 5.82 Å². The molecule has 1 aliphatic heterocycles. The lowest BCUT2D eigenvalue weighted by atomic mass is 10.0. The molecule has 1 N–H and O–H groups in total. The Morgan fingerprint density at radius 1 is 1.50 bits per heavy atom. The Bertz CT molecular complexity index is 464. The number of amides is 1. The second kappa shape index (κ2) is 7.25. The van der Waals surface area contributed by atoms with Crippen LogP contribution in [0.25, 0.3) is 0 Å². The van der Waals surface area contributed by atoms with Crippen molar-refractivity contribution in [3.8, 4) is 0 Å². The van der Waals surface area contributed by atoms with E-state index in [9.17, 15) is 9.18 Å². The van der Waals surface area contributed by atoms with Crippen LogP contribution in [-0.4, -0.2) is 36.0 Å². The summed E-state index contributed by atoms with van der Waals surface area (Å²) in [5.74, 6) is -0.496. The summed E-state index contributed by atoms with van der Waals surface area (Å²) in [6, 6.07) is 4.83. The number of carbonyl (C=O) groups is 1. The first-order chi connectivity index (χ1) is 9.00. The number of halogens is 3.